The first kappa shape index (κ1) is 22.3. The molecule has 1 unspecified atom stereocenters. The molecule has 2 heterocycles. The van der Waals surface area contributed by atoms with Crippen LogP contribution < -0.4 is 5.32 Å². The Balaban J connectivity index is 1.67. The van der Waals surface area contributed by atoms with Gasteiger partial charge in [-0.25, -0.2) is 4.98 Å². The van der Waals surface area contributed by atoms with Crippen LogP contribution in [-0.4, -0.2) is 44.9 Å². The summed E-state index contributed by atoms with van der Waals surface area (Å²) in [4.78, 5) is 33.3. The number of amides is 2. The minimum Gasteiger partial charge on any atom is -0.354 e. The van der Waals surface area contributed by atoms with Crippen molar-refractivity contribution >= 4 is 34.4 Å². The Kier molecular flexibility index (Phi) is 6.24. The number of aromatic nitrogens is 2. The zero-order chi connectivity index (χ0) is 22.9. The molecule has 0 saturated carbocycles. The van der Waals surface area contributed by atoms with Gasteiger partial charge in [-0.1, -0.05) is 49.7 Å². The van der Waals surface area contributed by atoms with Crippen molar-refractivity contribution in [3.8, 4) is 0 Å². The highest BCUT2D eigenvalue weighted by molar-refractivity contribution is 6.30. The lowest BCUT2D eigenvalue weighted by Gasteiger charge is -2.43. The number of carbonyl (C=O) groups excluding carboxylic acids is 2. The van der Waals surface area contributed by atoms with Crippen LogP contribution >= 0.6 is 11.6 Å². The molecule has 32 heavy (non-hydrogen) atoms. The zero-order valence-corrected chi connectivity index (χ0v) is 19.5. The number of nitrogens with zero attached hydrogens (tertiary/aromatic N) is 3. The summed E-state index contributed by atoms with van der Waals surface area (Å²) in [6.07, 6.45) is 1.51. The molecule has 4 rings (SSSR count). The molecule has 0 bridgehead atoms. The van der Waals surface area contributed by atoms with Crippen LogP contribution in [0.1, 0.15) is 43.4 Å². The highest BCUT2D eigenvalue weighted by Crippen LogP contribution is 2.31. The van der Waals surface area contributed by atoms with Crippen LogP contribution in [0.15, 0.2) is 48.5 Å². The fourth-order valence-electron chi connectivity index (χ4n) is 4.24. The smallest absolute Gasteiger partial charge is 0.290 e. The molecule has 1 aliphatic rings. The quantitative estimate of drug-likeness (QED) is 0.580. The van der Waals surface area contributed by atoms with E-state index in [1.54, 1.807) is 4.90 Å². The van der Waals surface area contributed by atoms with Crippen molar-refractivity contribution in [3.63, 3.8) is 0 Å². The van der Waals surface area contributed by atoms with Gasteiger partial charge >= 0.3 is 0 Å². The Morgan fingerprint density at radius 2 is 1.91 bits per heavy atom. The number of carbonyl (C=O) groups is 2. The van der Waals surface area contributed by atoms with Crippen molar-refractivity contribution in [3.05, 3.63) is 64.9 Å². The highest BCUT2D eigenvalue weighted by atomic mass is 35.5. The van der Waals surface area contributed by atoms with Gasteiger partial charge in [0.1, 0.15) is 5.54 Å². The van der Waals surface area contributed by atoms with E-state index in [1.165, 1.54) is 0 Å². The van der Waals surface area contributed by atoms with Crippen LogP contribution in [0, 0.1) is 5.92 Å². The Morgan fingerprint density at radius 3 is 2.62 bits per heavy atom. The van der Waals surface area contributed by atoms with Crippen LogP contribution in [0.4, 0.5) is 0 Å². The average Bonchev–Trinajstić information content (AvgIpc) is 3.13. The number of fused-ring (bicyclic) bond motifs is 3. The first-order valence-corrected chi connectivity index (χ1v) is 11.5. The van der Waals surface area contributed by atoms with Crippen LogP contribution in [0.2, 0.25) is 5.02 Å². The number of imidazole rings is 1. The molecule has 0 radical (unpaired) electrons. The van der Waals surface area contributed by atoms with Gasteiger partial charge in [0.15, 0.2) is 5.82 Å². The topological polar surface area (TPSA) is 67.2 Å². The van der Waals surface area contributed by atoms with E-state index in [4.69, 9.17) is 11.6 Å². The van der Waals surface area contributed by atoms with Crippen molar-refractivity contribution in [2.75, 3.05) is 13.1 Å². The first-order chi connectivity index (χ1) is 15.3. The van der Waals surface area contributed by atoms with Crippen molar-refractivity contribution in [1.29, 1.82) is 0 Å². The second-order valence-electron chi connectivity index (χ2n) is 9.06. The number of hydrogen-bond acceptors (Lipinski definition) is 3. The molecule has 168 valence electrons. The summed E-state index contributed by atoms with van der Waals surface area (Å²) < 4.78 is 1.89. The Labute approximate surface area is 193 Å². The molecule has 3 aromatic rings. The number of halogens is 1. The Morgan fingerprint density at radius 1 is 1.19 bits per heavy atom. The van der Waals surface area contributed by atoms with E-state index < -0.39 is 5.54 Å². The van der Waals surface area contributed by atoms with Crippen molar-refractivity contribution < 1.29 is 9.59 Å². The van der Waals surface area contributed by atoms with E-state index in [1.807, 2.05) is 60.0 Å². The molecular weight excluding hydrogens is 424 g/mol. The van der Waals surface area contributed by atoms with Gasteiger partial charge in [-0.05, 0) is 55.5 Å². The summed E-state index contributed by atoms with van der Waals surface area (Å²) in [5.41, 5.74) is 1.67. The first-order valence-electron chi connectivity index (χ1n) is 11.1. The number of benzene rings is 2. The minimum absolute atomic E-state index is 0.133. The van der Waals surface area contributed by atoms with Crippen LogP contribution in [0.3, 0.4) is 0 Å². The lowest BCUT2D eigenvalue weighted by molar-refractivity contribution is -0.132. The summed E-state index contributed by atoms with van der Waals surface area (Å²) in [5.74, 6) is 0.519. The maximum Gasteiger partial charge on any atom is 0.290 e. The van der Waals surface area contributed by atoms with Crippen molar-refractivity contribution in [1.82, 2.24) is 19.8 Å². The predicted molar refractivity (Wildman–Crippen MR) is 127 cm³/mol. The monoisotopic (exact) mass is 452 g/mol. The molecular formula is C25H29ClN4O2. The zero-order valence-electron chi connectivity index (χ0n) is 18.8. The van der Waals surface area contributed by atoms with Gasteiger partial charge < -0.3 is 14.8 Å². The van der Waals surface area contributed by atoms with Gasteiger partial charge in [0, 0.05) is 18.1 Å². The third-order valence-corrected chi connectivity index (χ3v) is 6.44. The van der Waals surface area contributed by atoms with Crippen molar-refractivity contribution in [2.45, 2.75) is 45.7 Å². The molecule has 0 saturated heterocycles. The van der Waals surface area contributed by atoms with Gasteiger partial charge in [-0.15, -0.1) is 0 Å². The molecule has 1 aromatic heterocycles. The highest BCUT2D eigenvalue weighted by Gasteiger charge is 2.48. The Bertz CT molecular complexity index is 1140. The average molecular weight is 453 g/mol. The van der Waals surface area contributed by atoms with Crippen LogP contribution in [0.5, 0.6) is 0 Å². The van der Waals surface area contributed by atoms with E-state index in [0.29, 0.717) is 42.8 Å². The van der Waals surface area contributed by atoms with E-state index in [-0.39, 0.29) is 11.8 Å². The SMILES string of the molecule is CC(C)CCNC(=O)C1(C)Cn2c(nc3ccccc32)C(=O)N1CCc1ccc(Cl)cc1. The standard InChI is InChI=1S/C25H29ClN4O2/c1-17(2)12-14-27-24(32)25(3)16-29-21-7-5-4-6-20(21)28-22(29)23(31)30(25)15-13-18-8-10-19(26)11-9-18/h4-11,17H,12-16H2,1-3H3,(H,27,32). The maximum absolute atomic E-state index is 13.6. The third kappa shape index (κ3) is 4.24. The lowest BCUT2D eigenvalue weighted by atomic mass is 9.94. The lowest BCUT2D eigenvalue weighted by Crippen LogP contribution is -2.64. The second-order valence-corrected chi connectivity index (χ2v) is 9.49. The third-order valence-electron chi connectivity index (χ3n) is 6.19. The van der Waals surface area contributed by atoms with Gasteiger partial charge in [-0.2, -0.15) is 0 Å². The maximum atomic E-state index is 13.6. The van der Waals surface area contributed by atoms with E-state index in [2.05, 4.69) is 24.1 Å². The largest absolute Gasteiger partial charge is 0.354 e. The number of rotatable bonds is 7. The molecule has 2 aromatic carbocycles. The van der Waals surface area contributed by atoms with Crippen LogP contribution in [0.25, 0.3) is 11.0 Å². The normalized spacial score (nSPS) is 18.3. The second kappa shape index (κ2) is 8.94. The number of nitrogens with one attached hydrogen (secondary N) is 1. The molecule has 0 spiro atoms. The Hall–Kier alpha value is -2.86. The summed E-state index contributed by atoms with van der Waals surface area (Å²) >= 11 is 6.01. The molecule has 1 N–H and O–H groups in total. The molecule has 1 atom stereocenters. The fourth-order valence-corrected chi connectivity index (χ4v) is 4.36. The summed E-state index contributed by atoms with van der Waals surface area (Å²) in [6.45, 7) is 7.47. The van der Waals surface area contributed by atoms with E-state index in [0.717, 1.165) is 23.0 Å². The van der Waals surface area contributed by atoms with Gasteiger partial charge in [0.25, 0.3) is 5.91 Å². The van der Waals surface area contributed by atoms with Crippen LogP contribution in [-0.2, 0) is 17.8 Å². The van der Waals surface area contributed by atoms with Gasteiger partial charge in [0.2, 0.25) is 5.91 Å². The molecule has 1 aliphatic heterocycles. The molecule has 7 heteroatoms. The molecule has 2 amide bonds. The summed E-state index contributed by atoms with van der Waals surface area (Å²) in [5, 5.41) is 3.74. The molecule has 0 fully saturated rings. The number of hydrogen-bond donors (Lipinski definition) is 1. The fraction of sp³-hybridized carbons (Fsp3) is 0.400. The van der Waals surface area contributed by atoms with Gasteiger partial charge in [-0.3, -0.25) is 9.59 Å². The predicted octanol–water partition coefficient (Wildman–Crippen LogP) is 4.31. The summed E-state index contributed by atoms with van der Waals surface area (Å²) in [6, 6.07) is 15.2. The number of para-hydroxylation sites is 2. The molecule has 6 nitrogen and oxygen atoms in total. The summed E-state index contributed by atoms with van der Waals surface area (Å²) in [7, 11) is 0. The van der Waals surface area contributed by atoms with E-state index >= 15 is 0 Å². The minimum atomic E-state index is -1.02. The molecule has 0 aliphatic carbocycles. The van der Waals surface area contributed by atoms with Gasteiger partial charge in [0.05, 0.1) is 17.6 Å². The van der Waals surface area contributed by atoms with Crippen molar-refractivity contribution in [2.24, 2.45) is 5.92 Å². The van der Waals surface area contributed by atoms with E-state index in [9.17, 15) is 9.59 Å².